The Morgan fingerprint density at radius 1 is 1.00 bits per heavy atom. The summed E-state index contributed by atoms with van der Waals surface area (Å²) < 4.78 is 11.1. The van der Waals surface area contributed by atoms with Crippen LogP contribution in [0, 0.1) is 6.92 Å². The van der Waals surface area contributed by atoms with Crippen LogP contribution in [0.2, 0.25) is 0 Å². The maximum Gasteiger partial charge on any atom is 0.120 e. The van der Waals surface area contributed by atoms with Gasteiger partial charge in [-0.05, 0) is 38.1 Å². The lowest BCUT2D eigenvalue weighted by atomic mass is 10.2. The maximum atomic E-state index is 5.80. The van der Waals surface area contributed by atoms with Gasteiger partial charge in [-0.15, -0.1) is 0 Å². The quantitative estimate of drug-likeness (QED) is 0.770. The molecular weight excluding hydrogens is 262 g/mol. The fraction of sp³-hybridized carbons (Fsp3) is 0.333. The van der Waals surface area contributed by atoms with Crippen LogP contribution in [0.25, 0.3) is 0 Å². The Kier molecular flexibility index (Phi) is 5.50. The van der Waals surface area contributed by atoms with E-state index in [4.69, 9.17) is 9.47 Å². The molecule has 0 atom stereocenters. The molecule has 0 unspecified atom stereocenters. The fourth-order valence-electron chi connectivity index (χ4n) is 2.19. The number of rotatable bonds is 7. The molecule has 0 N–H and O–H groups in total. The average Bonchev–Trinajstić information content (AvgIpc) is 2.53. The average molecular weight is 285 g/mol. The van der Waals surface area contributed by atoms with Crippen molar-refractivity contribution in [1.82, 2.24) is 0 Å². The maximum absolute atomic E-state index is 5.80. The van der Waals surface area contributed by atoms with Crippen molar-refractivity contribution < 1.29 is 9.47 Å². The second kappa shape index (κ2) is 7.58. The van der Waals surface area contributed by atoms with Crippen molar-refractivity contribution in [2.24, 2.45) is 0 Å². The Bertz CT molecular complexity index is 551. The third-order valence-corrected chi connectivity index (χ3v) is 3.45. The summed E-state index contributed by atoms with van der Waals surface area (Å²) in [5.41, 5.74) is 2.40. The number of nitrogens with zero attached hydrogens (tertiary/aromatic N) is 1. The Morgan fingerprint density at radius 2 is 1.76 bits per heavy atom. The summed E-state index contributed by atoms with van der Waals surface area (Å²) in [7, 11) is 1.69. The van der Waals surface area contributed by atoms with Gasteiger partial charge in [0, 0.05) is 18.3 Å². The van der Waals surface area contributed by atoms with E-state index in [1.165, 1.54) is 5.56 Å². The molecule has 112 valence electrons. The first-order valence-electron chi connectivity index (χ1n) is 7.31. The molecule has 2 rings (SSSR count). The van der Waals surface area contributed by atoms with Crippen molar-refractivity contribution in [3.63, 3.8) is 0 Å². The van der Waals surface area contributed by atoms with Gasteiger partial charge < -0.3 is 14.4 Å². The molecule has 3 heteroatoms. The third-order valence-electron chi connectivity index (χ3n) is 3.45. The number of benzene rings is 2. The second-order valence-corrected chi connectivity index (χ2v) is 4.94. The van der Waals surface area contributed by atoms with Crippen LogP contribution >= 0.6 is 0 Å². The number of hydrogen-bond acceptors (Lipinski definition) is 3. The zero-order valence-corrected chi connectivity index (χ0v) is 13.0. The third kappa shape index (κ3) is 4.42. The summed E-state index contributed by atoms with van der Waals surface area (Å²) in [5, 5.41) is 0. The first-order chi connectivity index (χ1) is 10.2. The van der Waals surface area contributed by atoms with Gasteiger partial charge >= 0.3 is 0 Å². The van der Waals surface area contributed by atoms with Crippen LogP contribution in [-0.2, 0) is 0 Å². The molecule has 3 nitrogen and oxygen atoms in total. The molecule has 0 amide bonds. The molecule has 0 aliphatic heterocycles. The molecule has 21 heavy (non-hydrogen) atoms. The molecule has 0 spiro atoms. The van der Waals surface area contributed by atoms with E-state index in [0.29, 0.717) is 6.61 Å². The summed E-state index contributed by atoms with van der Waals surface area (Å²) >= 11 is 0. The zero-order chi connectivity index (χ0) is 15.1. The Balaban J connectivity index is 1.91. The second-order valence-electron chi connectivity index (χ2n) is 4.94. The van der Waals surface area contributed by atoms with E-state index in [9.17, 15) is 0 Å². The van der Waals surface area contributed by atoms with Crippen LogP contribution in [-0.4, -0.2) is 26.8 Å². The highest BCUT2D eigenvalue weighted by molar-refractivity contribution is 5.50. The smallest absolute Gasteiger partial charge is 0.120 e. The molecule has 0 bridgehead atoms. The van der Waals surface area contributed by atoms with Crippen LogP contribution in [0.5, 0.6) is 11.5 Å². The molecule has 0 radical (unpaired) electrons. The van der Waals surface area contributed by atoms with Gasteiger partial charge in [-0.3, -0.25) is 0 Å². The number of anilines is 1. The summed E-state index contributed by atoms with van der Waals surface area (Å²) in [5.74, 6) is 1.80. The fourth-order valence-corrected chi connectivity index (χ4v) is 2.19. The number of hydrogen-bond donors (Lipinski definition) is 0. The van der Waals surface area contributed by atoms with Gasteiger partial charge in [0.1, 0.15) is 18.1 Å². The Morgan fingerprint density at radius 3 is 2.43 bits per heavy atom. The van der Waals surface area contributed by atoms with Crippen molar-refractivity contribution in [2.45, 2.75) is 13.8 Å². The number of ether oxygens (including phenoxy) is 2. The Labute approximate surface area is 127 Å². The van der Waals surface area contributed by atoms with Gasteiger partial charge in [0.15, 0.2) is 0 Å². The molecule has 2 aromatic rings. The highest BCUT2D eigenvalue weighted by atomic mass is 16.5. The van der Waals surface area contributed by atoms with Gasteiger partial charge in [-0.1, -0.05) is 23.8 Å². The SMILES string of the molecule is CCN(CCOc1ccc(C)cc1)c1cccc(OC)c1. The van der Waals surface area contributed by atoms with Crippen molar-refractivity contribution in [2.75, 3.05) is 31.7 Å². The lowest BCUT2D eigenvalue weighted by Crippen LogP contribution is -2.28. The highest BCUT2D eigenvalue weighted by Gasteiger charge is 2.05. The van der Waals surface area contributed by atoms with Crippen molar-refractivity contribution in [3.05, 3.63) is 54.1 Å². The summed E-state index contributed by atoms with van der Waals surface area (Å²) in [6.07, 6.45) is 0. The van der Waals surface area contributed by atoms with E-state index < -0.39 is 0 Å². The molecular formula is C18H23NO2. The van der Waals surface area contributed by atoms with Gasteiger partial charge in [0.25, 0.3) is 0 Å². The van der Waals surface area contributed by atoms with Crippen LogP contribution in [0.1, 0.15) is 12.5 Å². The van der Waals surface area contributed by atoms with Gasteiger partial charge in [-0.2, -0.15) is 0 Å². The normalized spacial score (nSPS) is 10.2. The summed E-state index contributed by atoms with van der Waals surface area (Å²) in [6.45, 7) is 6.66. The van der Waals surface area contributed by atoms with Gasteiger partial charge in [0.05, 0.1) is 13.7 Å². The first kappa shape index (κ1) is 15.2. The topological polar surface area (TPSA) is 21.7 Å². The van der Waals surface area contributed by atoms with E-state index in [1.54, 1.807) is 7.11 Å². The predicted octanol–water partition coefficient (Wildman–Crippen LogP) is 3.91. The lowest BCUT2D eigenvalue weighted by molar-refractivity contribution is 0.324. The largest absolute Gasteiger partial charge is 0.497 e. The summed E-state index contributed by atoms with van der Waals surface area (Å²) in [4.78, 5) is 2.27. The monoisotopic (exact) mass is 285 g/mol. The number of aryl methyl sites for hydroxylation is 1. The van der Waals surface area contributed by atoms with E-state index >= 15 is 0 Å². The molecule has 0 aliphatic carbocycles. The lowest BCUT2D eigenvalue weighted by Gasteiger charge is -2.23. The van der Waals surface area contributed by atoms with Crippen LogP contribution in [0.15, 0.2) is 48.5 Å². The van der Waals surface area contributed by atoms with Crippen LogP contribution < -0.4 is 14.4 Å². The van der Waals surface area contributed by atoms with E-state index in [2.05, 4.69) is 43.0 Å². The van der Waals surface area contributed by atoms with E-state index in [0.717, 1.165) is 30.3 Å². The highest BCUT2D eigenvalue weighted by Crippen LogP contribution is 2.20. The van der Waals surface area contributed by atoms with Crippen molar-refractivity contribution in [1.29, 1.82) is 0 Å². The molecule has 0 saturated heterocycles. The standard InChI is InChI=1S/C18H23NO2/c1-4-19(16-6-5-7-18(14-16)20-3)12-13-21-17-10-8-15(2)9-11-17/h5-11,14H,4,12-13H2,1-3H3. The zero-order valence-electron chi connectivity index (χ0n) is 13.0. The molecule has 0 aromatic heterocycles. The minimum Gasteiger partial charge on any atom is -0.497 e. The Hall–Kier alpha value is -2.16. The first-order valence-corrected chi connectivity index (χ1v) is 7.31. The number of likely N-dealkylation sites (N-methyl/N-ethyl adjacent to an activating group) is 1. The van der Waals surface area contributed by atoms with Gasteiger partial charge in [0.2, 0.25) is 0 Å². The molecule has 0 saturated carbocycles. The number of methoxy groups -OCH3 is 1. The molecule has 2 aromatic carbocycles. The predicted molar refractivity (Wildman–Crippen MR) is 87.6 cm³/mol. The van der Waals surface area contributed by atoms with E-state index in [1.807, 2.05) is 24.3 Å². The minimum atomic E-state index is 0.661. The molecule has 0 aliphatic rings. The molecule has 0 fully saturated rings. The van der Waals surface area contributed by atoms with Crippen molar-refractivity contribution in [3.8, 4) is 11.5 Å². The van der Waals surface area contributed by atoms with Crippen LogP contribution in [0.4, 0.5) is 5.69 Å². The van der Waals surface area contributed by atoms with E-state index in [-0.39, 0.29) is 0 Å². The molecule has 0 heterocycles. The minimum absolute atomic E-state index is 0.661. The van der Waals surface area contributed by atoms with Gasteiger partial charge in [-0.25, -0.2) is 0 Å². The van der Waals surface area contributed by atoms with Crippen LogP contribution in [0.3, 0.4) is 0 Å². The van der Waals surface area contributed by atoms with Crippen molar-refractivity contribution >= 4 is 5.69 Å². The summed E-state index contributed by atoms with van der Waals surface area (Å²) in [6, 6.07) is 16.3.